The molecule has 0 N–H and O–H groups in total. The summed E-state index contributed by atoms with van der Waals surface area (Å²) in [5.41, 5.74) is 4.16. The van der Waals surface area contributed by atoms with Crippen LogP contribution in [-0.2, 0) is 0 Å². The van der Waals surface area contributed by atoms with Crippen LogP contribution < -0.4 is 0 Å². The van der Waals surface area contributed by atoms with Crippen LogP contribution in [0.5, 0.6) is 0 Å². The summed E-state index contributed by atoms with van der Waals surface area (Å²) in [5.74, 6) is 0. The van der Waals surface area contributed by atoms with E-state index in [9.17, 15) is 0 Å². The molecule has 0 fully saturated rings. The second-order valence-electron chi connectivity index (χ2n) is 4.19. The monoisotopic (exact) mass is 243 g/mol. The molecule has 0 amide bonds. The summed E-state index contributed by atoms with van der Waals surface area (Å²) >= 11 is 1.72. The van der Waals surface area contributed by atoms with E-state index in [0.717, 1.165) is 22.0 Å². The molecule has 4 heteroatoms. The number of imidazole rings is 1. The zero-order valence-electron chi connectivity index (χ0n) is 10.1. The van der Waals surface area contributed by atoms with Crippen molar-refractivity contribution < 1.29 is 0 Å². The lowest BCUT2D eigenvalue weighted by Gasteiger charge is -1.93. The molecule has 3 aromatic heterocycles. The van der Waals surface area contributed by atoms with Crippen LogP contribution in [0.15, 0.2) is 24.5 Å². The Bertz CT molecular complexity index is 694. The van der Waals surface area contributed by atoms with Crippen molar-refractivity contribution in [3.63, 3.8) is 0 Å². The molecular weight excluding hydrogens is 230 g/mol. The minimum Gasteiger partial charge on any atom is -0.306 e. The molecule has 86 valence electrons. The van der Waals surface area contributed by atoms with E-state index in [2.05, 4.69) is 34.3 Å². The Morgan fingerprint density at radius 1 is 1.18 bits per heavy atom. The molecule has 0 radical (unpaired) electrons. The van der Waals surface area contributed by atoms with Gasteiger partial charge in [-0.1, -0.05) is 6.07 Å². The maximum Gasteiger partial charge on any atom is 0.140 e. The highest BCUT2D eigenvalue weighted by atomic mass is 32.1. The molecular formula is C13H13N3S. The van der Waals surface area contributed by atoms with Gasteiger partial charge in [-0.25, -0.2) is 9.97 Å². The molecule has 0 atom stereocenters. The van der Waals surface area contributed by atoms with Gasteiger partial charge < -0.3 is 4.40 Å². The van der Waals surface area contributed by atoms with Gasteiger partial charge in [0.25, 0.3) is 0 Å². The quantitative estimate of drug-likeness (QED) is 0.656. The third kappa shape index (κ3) is 1.65. The fourth-order valence-electron chi connectivity index (χ4n) is 2.03. The van der Waals surface area contributed by atoms with Crippen molar-refractivity contribution in [3.8, 4) is 11.4 Å². The Labute approximate surface area is 104 Å². The van der Waals surface area contributed by atoms with Crippen LogP contribution in [0.25, 0.3) is 17.0 Å². The van der Waals surface area contributed by atoms with Crippen molar-refractivity contribution in [2.75, 3.05) is 0 Å². The maximum atomic E-state index is 4.66. The summed E-state index contributed by atoms with van der Waals surface area (Å²) in [6.07, 6.45) is 4.07. The first-order valence-electron chi connectivity index (χ1n) is 5.54. The van der Waals surface area contributed by atoms with Crippen LogP contribution >= 0.6 is 11.3 Å². The summed E-state index contributed by atoms with van der Waals surface area (Å²) in [7, 11) is 0. The molecule has 3 nitrogen and oxygen atoms in total. The number of pyridine rings is 1. The maximum absolute atomic E-state index is 4.66. The normalized spacial score (nSPS) is 11.2. The lowest BCUT2D eigenvalue weighted by Crippen LogP contribution is -1.84. The molecule has 3 rings (SSSR count). The van der Waals surface area contributed by atoms with Crippen LogP contribution in [0.2, 0.25) is 0 Å². The van der Waals surface area contributed by atoms with E-state index in [0.29, 0.717) is 0 Å². The average molecular weight is 243 g/mol. The highest BCUT2D eigenvalue weighted by molar-refractivity contribution is 7.11. The molecule has 0 unspecified atom stereocenters. The second-order valence-corrected chi connectivity index (χ2v) is 5.59. The topological polar surface area (TPSA) is 30.2 Å². The minimum atomic E-state index is 0.959. The molecule has 17 heavy (non-hydrogen) atoms. The van der Waals surface area contributed by atoms with Gasteiger partial charge in [-0.3, -0.25) is 0 Å². The van der Waals surface area contributed by atoms with Gasteiger partial charge in [0.05, 0.1) is 5.01 Å². The van der Waals surface area contributed by atoms with E-state index in [-0.39, 0.29) is 0 Å². The number of rotatable bonds is 1. The minimum absolute atomic E-state index is 0.959. The van der Waals surface area contributed by atoms with Crippen molar-refractivity contribution >= 4 is 17.0 Å². The van der Waals surface area contributed by atoms with Crippen LogP contribution in [0.4, 0.5) is 0 Å². The van der Waals surface area contributed by atoms with E-state index < -0.39 is 0 Å². The summed E-state index contributed by atoms with van der Waals surface area (Å²) < 4.78 is 2.05. The van der Waals surface area contributed by atoms with Crippen molar-refractivity contribution in [1.82, 2.24) is 14.4 Å². The Balaban J connectivity index is 2.25. The number of aromatic nitrogens is 3. The molecule has 0 bridgehead atoms. The third-order valence-corrected chi connectivity index (χ3v) is 3.71. The molecule has 0 aliphatic rings. The molecule has 0 spiro atoms. The van der Waals surface area contributed by atoms with Gasteiger partial charge in [0.1, 0.15) is 17.0 Å². The second kappa shape index (κ2) is 3.67. The molecule has 3 heterocycles. The summed E-state index contributed by atoms with van der Waals surface area (Å²) in [6.45, 7) is 6.20. The Morgan fingerprint density at radius 3 is 2.65 bits per heavy atom. The molecule has 0 aromatic carbocycles. The highest BCUT2D eigenvalue weighted by Gasteiger charge is 2.11. The number of fused-ring (bicyclic) bond motifs is 1. The van der Waals surface area contributed by atoms with E-state index in [1.807, 2.05) is 25.4 Å². The van der Waals surface area contributed by atoms with E-state index >= 15 is 0 Å². The van der Waals surface area contributed by atoms with Gasteiger partial charge in [0, 0.05) is 17.3 Å². The first-order valence-corrected chi connectivity index (χ1v) is 6.35. The van der Waals surface area contributed by atoms with Crippen LogP contribution in [-0.4, -0.2) is 14.4 Å². The van der Waals surface area contributed by atoms with Crippen LogP contribution in [0, 0.1) is 20.8 Å². The van der Waals surface area contributed by atoms with E-state index in [1.165, 1.54) is 10.4 Å². The van der Waals surface area contributed by atoms with Gasteiger partial charge in [0.15, 0.2) is 0 Å². The van der Waals surface area contributed by atoms with E-state index in [1.54, 1.807) is 11.3 Å². The number of hydrogen-bond donors (Lipinski definition) is 0. The van der Waals surface area contributed by atoms with Crippen molar-refractivity contribution in [3.05, 3.63) is 40.0 Å². The number of hydrogen-bond acceptors (Lipinski definition) is 3. The van der Waals surface area contributed by atoms with Gasteiger partial charge >= 0.3 is 0 Å². The Morgan fingerprint density at radius 2 is 2.00 bits per heavy atom. The lowest BCUT2D eigenvalue weighted by atomic mass is 10.3. The van der Waals surface area contributed by atoms with Gasteiger partial charge in [-0.2, -0.15) is 0 Å². The van der Waals surface area contributed by atoms with Crippen LogP contribution in [0.1, 0.15) is 15.4 Å². The summed E-state index contributed by atoms with van der Waals surface area (Å²) in [5, 5.41) is 1.09. The fraction of sp³-hybridized carbons (Fsp3) is 0.231. The smallest absolute Gasteiger partial charge is 0.140 e. The molecule has 0 saturated heterocycles. The standard InChI is InChI=1S/C13H13N3S/c1-8-5-4-6-16-7-11(15-13(8)16)12-9(2)17-10(3)14-12/h4-7H,1-3H3. The van der Waals surface area contributed by atoms with Crippen molar-refractivity contribution in [2.45, 2.75) is 20.8 Å². The average Bonchev–Trinajstić information content (AvgIpc) is 2.82. The predicted octanol–water partition coefficient (Wildman–Crippen LogP) is 3.38. The van der Waals surface area contributed by atoms with Crippen LogP contribution in [0.3, 0.4) is 0 Å². The van der Waals surface area contributed by atoms with Crippen molar-refractivity contribution in [2.24, 2.45) is 0 Å². The first-order chi connectivity index (χ1) is 8.15. The Kier molecular flexibility index (Phi) is 2.26. The van der Waals surface area contributed by atoms with Gasteiger partial charge in [-0.15, -0.1) is 11.3 Å². The zero-order chi connectivity index (χ0) is 12.0. The lowest BCUT2D eigenvalue weighted by molar-refractivity contribution is 1.16. The number of thiazole rings is 1. The fourth-order valence-corrected chi connectivity index (χ4v) is 2.86. The SMILES string of the molecule is Cc1nc(-c2cn3cccc(C)c3n2)c(C)s1. The Hall–Kier alpha value is -1.68. The number of aryl methyl sites for hydroxylation is 3. The van der Waals surface area contributed by atoms with Gasteiger partial charge in [-0.05, 0) is 32.4 Å². The first kappa shape index (κ1) is 10.5. The van der Waals surface area contributed by atoms with Crippen molar-refractivity contribution in [1.29, 1.82) is 0 Å². The largest absolute Gasteiger partial charge is 0.306 e. The molecule has 0 aliphatic carbocycles. The molecule has 0 saturated carbocycles. The third-order valence-electron chi connectivity index (χ3n) is 2.82. The van der Waals surface area contributed by atoms with E-state index in [4.69, 9.17) is 0 Å². The molecule has 0 aliphatic heterocycles. The zero-order valence-corrected chi connectivity index (χ0v) is 10.9. The summed E-state index contributed by atoms with van der Waals surface area (Å²) in [6, 6.07) is 4.11. The predicted molar refractivity (Wildman–Crippen MR) is 70.5 cm³/mol. The van der Waals surface area contributed by atoms with Gasteiger partial charge in [0.2, 0.25) is 0 Å². The molecule has 3 aromatic rings. The number of nitrogens with zero attached hydrogens (tertiary/aromatic N) is 3. The highest BCUT2D eigenvalue weighted by Crippen LogP contribution is 2.27. The summed E-state index contributed by atoms with van der Waals surface area (Å²) in [4.78, 5) is 10.4.